The molecule has 0 aliphatic carbocycles. The van der Waals surface area contributed by atoms with Gasteiger partial charge in [0.15, 0.2) is 0 Å². The van der Waals surface area contributed by atoms with Crippen molar-refractivity contribution in [2.75, 3.05) is 18.2 Å². The summed E-state index contributed by atoms with van der Waals surface area (Å²) in [7, 11) is 0. The van der Waals surface area contributed by atoms with Gasteiger partial charge in [-0.1, -0.05) is 48.0 Å². The van der Waals surface area contributed by atoms with Gasteiger partial charge in [-0.25, -0.2) is 9.48 Å². The van der Waals surface area contributed by atoms with Crippen molar-refractivity contribution in [2.24, 2.45) is 0 Å². The Morgan fingerprint density at radius 3 is 2.55 bits per heavy atom. The molecular weight excluding hydrogens is 434 g/mol. The number of carbonyl (C=O) groups is 1. The molecule has 1 amide bonds. The summed E-state index contributed by atoms with van der Waals surface area (Å²) in [5.74, 6) is 0. The first-order valence-corrected chi connectivity index (χ1v) is 11.2. The van der Waals surface area contributed by atoms with Gasteiger partial charge in [-0.05, 0) is 49.1 Å². The van der Waals surface area contributed by atoms with Crippen molar-refractivity contribution in [1.29, 1.82) is 0 Å². The number of nitrogens with zero attached hydrogens (tertiary/aromatic N) is 2. The van der Waals surface area contributed by atoms with E-state index in [9.17, 15) is 9.59 Å². The van der Waals surface area contributed by atoms with Gasteiger partial charge in [-0.3, -0.25) is 10.1 Å². The predicted molar refractivity (Wildman–Crippen MR) is 127 cm³/mol. The molecule has 0 saturated heterocycles. The molecule has 3 rings (SSSR count). The van der Waals surface area contributed by atoms with Gasteiger partial charge >= 0.3 is 6.09 Å². The van der Waals surface area contributed by atoms with E-state index in [1.165, 1.54) is 4.68 Å². The zero-order valence-electron chi connectivity index (χ0n) is 17.2. The monoisotopic (exact) mass is 455 g/mol. The highest BCUT2D eigenvalue weighted by Gasteiger charge is 2.13. The second-order valence-electron chi connectivity index (χ2n) is 6.46. The smallest absolute Gasteiger partial charge is 0.411 e. The van der Waals surface area contributed by atoms with Gasteiger partial charge in [0.25, 0.3) is 5.56 Å². The molecule has 0 aliphatic heterocycles. The van der Waals surface area contributed by atoms with Crippen LogP contribution in [0.4, 0.5) is 10.5 Å². The molecule has 0 fully saturated rings. The second kappa shape index (κ2) is 10.8. The lowest BCUT2D eigenvalue weighted by Crippen LogP contribution is -2.28. The average Bonchev–Trinajstić information content (AvgIpc) is 2.77. The maximum Gasteiger partial charge on any atom is 0.411 e. The normalized spacial score (nSPS) is 10.9. The molecule has 0 spiro atoms. The zero-order chi connectivity index (χ0) is 22.2. The third-order valence-corrected chi connectivity index (χ3v) is 5.33. The van der Waals surface area contributed by atoms with Crippen LogP contribution < -0.4 is 10.9 Å². The maximum atomic E-state index is 12.9. The Labute approximate surface area is 189 Å². The molecule has 8 heteroatoms. The first-order valence-electron chi connectivity index (χ1n) is 9.62. The standard InChI is InChI=1S/C23H22ClN3O3S/c1-3-30-23(29)25-21-15-20(17-8-12-19(31-2)13-9-17)26-27(22(21)28)14-4-5-16-6-10-18(24)11-7-16/h4-13,15H,3,14H2,1-2H3,(H,25,29). The van der Waals surface area contributed by atoms with E-state index in [2.05, 4.69) is 10.4 Å². The van der Waals surface area contributed by atoms with Gasteiger partial charge in [0.2, 0.25) is 0 Å². The van der Waals surface area contributed by atoms with Gasteiger partial charge in [0.1, 0.15) is 5.69 Å². The van der Waals surface area contributed by atoms with Crippen molar-refractivity contribution < 1.29 is 9.53 Å². The van der Waals surface area contributed by atoms with Crippen molar-refractivity contribution in [3.05, 3.63) is 81.6 Å². The number of halogens is 1. The molecule has 0 radical (unpaired) electrons. The summed E-state index contributed by atoms with van der Waals surface area (Å²) in [4.78, 5) is 25.9. The number of ether oxygens (including phenoxy) is 1. The molecular formula is C23H22ClN3O3S. The van der Waals surface area contributed by atoms with Crippen LogP contribution in [-0.2, 0) is 11.3 Å². The van der Waals surface area contributed by atoms with Crippen molar-refractivity contribution >= 4 is 41.2 Å². The number of benzene rings is 2. The number of rotatable bonds is 7. The number of carbonyl (C=O) groups excluding carboxylic acids is 1. The second-order valence-corrected chi connectivity index (χ2v) is 7.77. The number of aromatic nitrogens is 2. The summed E-state index contributed by atoms with van der Waals surface area (Å²) in [5.41, 5.74) is 2.04. The first-order chi connectivity index (χ1) is 15.0. The summed E-state index contributed by atoms with van der Waals surface area (Å²) < 4.78 is 6.23. The minimum Gasteiger partial charge on any atom is -0.450 e. The molecule has 160 valence electrons. The molecule has 0 saturated carbocycles. The van der Waals surface area contributed by atoms with E-state index in [4.69, 9.17) is 16.3 Å². The Balaban J connectivity index is 1.94. The molecule has 1 N–H and O–H groups in total. The van der Waals surface area contributed by atoms with E-state index in [1.807, 2.05) is 54.8 Å². The number of hydrogen-bond donors (Lipinski definition) is 1. The van der Waals surface area contributed by atoms with E-state index in [0.717, 1.165) is 16.0 Å². The summed E-state index contributed by atoms with van der Waals surface area (Å²) >= 11 is 7.55. The van der Waals surface area contributed by atoms with Gasteiger partial charge in [0, 0.05) is 15.5 Å². The lowest BCUT2D eigenvalue weighted by Gasteiger charge is -2.11. The topological polar surface area (TPSA) is 73.2 Å². The largest absolute Gasteiger partial charge is 0.450 e. The highest BCUT2D eigenvalue weighted by atomic mass is 35.5. The molecule has 2 aromatic carbocycles. The van der Waals surface area contributed by atoms with E-state index in [-0.39, 0.29) is 18.8 Å². The Morgan fingerprint density at radius 2 is 1.90 bits per heavy atom. The van der Waals surface area contributed by atoms with Crippen LogP contribution >= 0.6 is 23.4 Å². The molecule has 6 nitrogen and oxygen atoms in total. The molecule has 0 bridgehead atoms. The van der Waals surface area contributed by atoms with Gasteiger partial charge in [-0.2, -0.15) is 5.10 Å². The van der Waals surface area contributed by atoms with Crippen LogP contribution in [-0.4, -0.2) is 28.7 Å². The van der Waals surface area contributed by atoms with Crippen LogP contribution in [0.5, 0.6) is 0 Å². The van der Waals surface area contributed by atoms with Crippen LogP contribution in [0.15, 0.2) is 70.4 Å². The lowest BCUT2D eigenvalue weighted by molar-refractivity contribution is 0.168. The number of amides is 1. The van der Waals surface area contributed by atoms with Crippen molar-refractivity contribution in [3.8, 4) is 11.3 Å². The molecule has 0 unspecified atom stereocenters. The lowest BCUT2D eigenvalue weighted by atomic mass is 10.1. The quantitative estimate of drug-likeness (QED) is 0.471. The molecule has 0 aliphatic rings. The summed E-state index contributed by atoms with van der Waals surface area (Å²) in [6.07, 6.45) is 5.02. The predicted octanol–water partition coefficient (Wildman–Crippen LogP) is 5.57. The van der Waals surface area contributed by atoms with Crippen LogP contribution in [0, 0.1) is 0 Å². The minimum absolute atomic E-state index is 0.109. The maximum absolute atomic E-state index is 12.9. The third kappa shape index (κ3) is 6.23. The molecule has 3 aromatic rings. The highest BCUT2D eigenvalue weighted by Crippen LogP contribution is 2.22. The summed E-state index contributed by atoms with van der Waals surface area (Å²) in [5, 5.41) is 7.67. The van der Waals surface area contributed by atoms with Gasteiger partial charge in [0.05, 0.1) is 18.8 Å². The Hall–Kier alpha value is -3.03. The number of anilines is 1. The number of thioether (sulfide) groups is 1. The fraction of sp³-hybridized carbons (Fsp3) is 0.174. The van der Waals surface area contributed by atoms with Crippen LogP contribution in [0.25, 0.3) is 17.3 Å². The van der Waals surface area contributed by atoms with Crippen LogP contribution in [0.3, 0.4) is 0 Å². The van der Waals surface area contributed by atoms with E-state index >= 15 is 0 Å². The third-order valence-electron chi connectivity index (χ3n) is 4.33. The Bertz CT molecular complexity index is 1130. The average molecular weight is 456 g/mol. The summed E-state index contributed by atoms with van der Waals surface area (Å²) in [6, 6.07) is 16.7. The van der Waals surface area contributed by atoms with Gasteiger partial charge < -0.3 is 4.74 Å². The number of nitrogens with one attached hydrogen (secondary N) is 1. The Morgan fingerprint density at radius 1 is 1.19 bits per heavy atom. The fourth-order valence-electron chi connectivity index (χ4n) is 2.80. The highest BCUT2D eigenvalue weighted by molar-refractivity contribution is 7.98. The van der Waals surface area contributed by atoms with Crippen LogP contribution in [0.1, 0.15) is 12.5 Å². The van der Waals surface area contributed by atoms with E-state index in [0.29, 0.717) is 10.7 Å². The van der Waals surface area contributed by atoms with E-state index in [1.54, 1.807) is 36.9 Å². The number of hydrogen-bond acceptors (Lipinski definition) is 5. The van der Waals surface area contributed by atoms with Crippen molar-refractivity contribution in [1.82, 2.24) is 9.78 Å². The minimum atomic E-state index is -0.683. The Kier molecular flexibility index (Phi) is 7.92. The SMILES string of the molecule is CCOC(=O)Nc1cc(-c2ccc(SC)cc2)nn(CC=Cc2ccc(Cl)cc2)c1=O. The van der Waals surface area contributed by atoms with E-state index < -0.39 is 11.7 Å². The molecule has 0 atom stereocenters. The molecule has 31 heavy (non-hydrogen) atoms. The summed E-state index contributed by atoms with van der Waals surface area (Å²) in [6.45, 7) is 2.14. The number of allylic oxidation sites excluding steroid dienone is 1. The van der Waals surface area contributed by atoms with Gasteiger partial charge in [-0.15, -0.1) is 11.8 Å². The van der Waals surface area contributed by atoms with Crippen LogP contribution in [0.2, 0.25) is 5.02 Å². The zero-order valence-corrected chi connectivity index (χ0v) is 18.7. The fourth-order valence-corrected chi connectivity index (χ4v) is 3.33. The van der Waals surface area contributed by atoms with Crippen molar-refractivity contribution in [3.63, 3.8) is 0 Å². The van der Waals surface area contributed by atoms with Crippen molar-refractivity contribution in [2.45, 2.75) is 18.4 Å². The molecule has 1 heterocycles. The first kappa shape index (κ1) is 22.7. The molecule has 1 aromatic heterocycles.